The third-order valence-electron chi connectivity index (χ3n) is 5.15. The average Bonchev–Trinajstić information content (AvgIpc) is 3.37. The van der Waals surface area contributed by atoms with Crippen molar-refractivity contribution in [3.05, 3.63) is 59.7 Å². The monoisotopic (exact) mass is 402 g/mol. The van der Waals surface area contributed by atoms with Crippen LogP contribution in [0.2, 0.25) is 0 Å². The standard InChI is InChI=1S/C21H22N8O/c1-3-14-11-19(24-20-10-13(2)26-27-20)25-21(23-14)29-9-7-17(29)18-12-16(28-30-18)15-6-4-5-8-22-15/h4-6,8,10-12,17H,3,7,9H2,1-2H3,(H2,23,24,25,26,27)/t17-/m0/s1. The first-order valence-corrected chi connectivity index (χ1v) is 10.0. The first-order chi connectivity index (χ1) is 14.7. The highest BCUT2D eigenvalue weighted by molar-refractivity contribution is 5.56. The van der Waals surface area contributed by atoms with E-state index in [-0.39, 0.29) is 6.04 Å². The number of pyridine rings is 1. The molecule has 0 aromatic carbocycles. The van der Waals surface area contributed by atoms with E-state index in [1.165, 1.54) is 0 Å². The van der Waals surface area contributed by atoms with E-state index in [0.29, 0.717) is 5.95 Å². The smallest absolute Gasteiger partial charge is 0.228 e. The molecule has 30 heavy (non-hydrogen) atoms. The Morgan fingerprint density at radius 1 is 1.17 bits per heavy atom. The van der Waals surface area contributed by atoms with Crippen LogP contribution < -0.4 is 10.2 Å². The molecule has 1 saturated heterocycles. The first kappa shape index (κ1) is 18.3. The molecule has 152 valence electrons. The summed E-state index contributed by atoms with van der Waals surface area (Å²) in [5, 5.41) is 14.6. The van der Waals surface area contributed by atoms with Crippen LogP contribution in [-0.2, 0) is 6.42 Å². The van der Waals surface area contributed by atoms with E-state index in [0.717, 1.165) is 59.6 Å². The quantitative estimate of drug-likeness (QED) is 0.501. The minimum Gasteiger partial charge on any atom is -0.358 e. The molecule has 4 aromatic rings. The van der Waals surface area contributed by atoms with Crippen molar-refractivity contribution in [1.82, 2.24) is 30.3 Å². The SMILES string of the molecule is CCc1cc(Nc2cc(C)[nH]n2)nc(N2CC[C@H]2c2cc(-c3ccccn3)no2)n1. The number of rotatable bonds is 6. The van der Waals surface area contributed by atoms with Crippen LogP contribution in [-0.4, -0.2) is 36.9 Å². The maximum absolute atomic E-state index is 5.64. The Kier molecular flexibility index (Phi) is 4.62. The van der Waals surface area contributed by atoms with Gasteiger partial charge in [0.15, 0.2) is 11.6 Å². The molecule has 0 bridgehead atoms. The summed E-state index contributed by atoms with van der Waals surface area (Å²) in [5.74, 6) is 2.93. The van der Waals surface area contributed by atoms with Crippen LogP contribution in [0.15, 0.2) is 47.1 Å². The summed E-state index contributed by atoms with van der Waals surface area (Å²) in [6, 6.07) is 11.6. The van der Waals surface area contributed by atoms with Crippen molar-refractivity contribution in [3.8, 4) is 11.4 Å². The summed E-state index contributed by atoms with van der Waals surface area (Å²) in [6.45, 7) is 4.90. The van der Waals surface area contributed by atoms with Crippen LogP contribution >= 0.6 is 0 Å². The Balaban J connectivity index is 1.40. The predicted octanol–water partition coefficient (Wildman–Crippen LogP) is 3.82. The van der Waals surface area contributed by atoms with Crippen LogP contribution in [0.1, 0.15) is 36.5 Å². The van der Waals surface area contributed by atoms with Crippen LogP contribution in [0, 0.1) is 6.92 Å². The third-order valence-corrected chi connectivity index (χ3v) is 5.15. The van der Waals surface area contributed by atoms with Crippen LogP contribution in [0.25, 0.3) is 11.4 Å². The lowest BCUT2D eigenvalue weighted by Crippen LogP contribution is -2.42. The van der Waals surface area contributed by atoms with E-state index in [1.807, 2.05) is 43.3 Å². The van der Waals surface area contributed by atoms with Gasteiger partial charge in [0.1, 0.15) is 11.5 Å². The number of aromatic nitrogens is 6. The molecule has 9 heteroatoms. The zero-order valence-corrected chi connectivity index (χ0v) is 16.8. The predicted molar refractivity (Wildman–Crippen MR) is 112 cm³/mol. The third kappa shape index (κ3) is 3.49. The zero-order valence-electron chi connectivity index (χ0n) is 16.8. The van der Waals surface area contributed by atoms with Crippen molar-refractivity contribution in [3.63, 3.8) is 0 Å². The molecule has 5 heterocycles. The number of nitrogens with zero attached hydrogens (tertiary/aromatic N) is 6. The second-order valence-corrected chi connectivity index (χ2v) is 7.29. The van der Waals surface area contributed by atoms with Gasteiger partial charge in [0.2, 0.25) is 5.95 Å². The normalized spacial score (nSPS) is 15.8. The summed E-state index contributed by atoms with van der Waals surface area (Å²) in [7, 11) is 0. The molecule has 4 aromatic heterocycles. The minimum atomic E-state index is 0.0579. The summed E-state index contributed by atoms with van der Waals surface area (Å²) in [6.07, 6.45) is 3.52. The van der Waals surface area contributed by atoms with Gasteiger partial charge in [-0.05, 0) is 31.9 Å². The van der Waals surface area contributed by atoms with E-state index in [9.17, 15) is 0 Å². The lowest BCUT2D eigenvalue weighted by molar-refractivity contribution is 0.315. The van der Waals surface area contributed by atoms with Crippen LogP contribution in [0.5, 0.6) is 0 Å². The van der Waals surface area contributed by atoms with Crippen LogP contribution in [0.3, 0.4) is 0 Å². The van der Waals surface area contributed by atoms with Crippen molar-refractivity contribution in [2.24, 2.45) is 0 Å². The van der Waals surface area contributed by atoms with E-state index >= 15 is 0 Å². The Bertz CT molecular complexity index is 1150. The fourth-order valence-electron chi connectivity index (χ4n) is 3.47. The Morgan fingerprint density at radius 3 is 2.80 bits per heavy atom. The van der Waals surface area contributed by atoms with E-state index < -0.39 is 0 Å². The molecule has 0 saturated carbocycles. The van der Waals surface area contributed by atoms with Crippen molar-refractivity contribution in [2.45, 2.75) is 32.7 Å². The van der Waals surface area contributed by atoms with Gasteiger partial charge in [0.05, 0.1) is 11.7 Å². The molecule has 1 atom stereocenters. The van der Waals surface area contributed by atoms with Crippen molar-refractivity contribution < 1.29 is 4.52 Å². The number of hydrogen-bond acceptors (Lipinski definition) is 8. The number of aromatic amines is 1. The fourth-order valence-corrected chi connectivity index (χ4v) is 3.47. The summed E-state index contributed by atoms with van der Waals surface area (Å²) in [5.41, 5.74) is 3.48. The van der Waals surface area contributed by atoms with E-state index in [2.05, 4.69) is 37.5 Å². The number of H-pyrrole nitrogens is 1. The minimum absolute atomic E-state index is 0.0579. The number of nitrogens with one attached hydrogen (secondary N) is 2. The summed E-state index contributed by atoms with van der Waals surface area (Å²) >= 11 is 0. The molecule has 1 fully saturated rings. The highest BCUT2D eigenvalue weighted by Crippen LogP contribution is 2.37. The van der Waals surface area contributed by atoms with Gasteiger partial charge in [-0.3, -0.25) is 10.1 Å². The molecule has 0 radical (unpaired) electrons. The Labute approximate surface area is 173 Å². The van der Waals surface area contributed by atoms with Gasteiger partial charge in [0.25, 0.3) is 0 Å². The molecule has 0 unspecified atom stereocenters. The molecule has 0 aliphatic carbocycles. The molecular weight excluding hydrogens is 380 g/mol. The average molecular weight is 402 g/mol. The molecule has 1 aliphatic heterocycles. The number of hydrogen-bond donors (Lipinski definition) is 2. The molecule has 1 aliphatic rings. The number of anilines is 3. The first-order valence-electron chi connectivity index (χ1n) is 10.0. The highest BCUT2D eigenvalue weighted by atomic mass is 16.5. The molecule has 5 rings (SSSR count). The van der Waals surface area contributed by atoms with Crippen LogP contribution in [0.4, 0.5) is 17.6 Å². The van der Waals surface area contributed by atoms with Crippen molar-refractivity contribution in [2.75, 3.05) is 16.8 Å². The zero-order chi connectivity index (χ0) is 20.5. The van der Waals surface area contributed by atoms with Gasteiger partial charge < -0.3 is 14.7 Å². The molecule has 2 N–H and O–H groups in total. The fraction of sp³-hybridized carbons (Fsp3) is 0.286. The molecule has 9 nitrogen and oxygen atoms in total. The largest absolute Gasteiger partial charge is 0.358 e. The van der Waals surface area contributed by atoms with Crippen molar-refractivity contribution >= 4 is 17.6 Å². The summed E-state index contributed by atoms with van der Waals surface area (Å²) < 4.78 is 5.64. The summed E-state index contributed by atoms with van der Waals surface area (Å²) in [4.78, 5) is 15.9. The Morgan fingerprint density at radius 2 is 2.10 bits per heavy atom. The molecule has 0 spiro atoms. The Hall–Kier alpha value is -3.75. The maximum atomic E-state index is 5.64. The number of aryl methyl sites for hydroxylation is 2. The van der Waals surface area contributed by atoms with E-state index in [4.69, 9.17) is 14.5 Å². The lowest BCUT2D eigenvalue weighted by atomic mass is 10.0. The molecular formula is C21H22N8O. The van der Waals surface area contributed by atoms with Crippen molar-refractivity contribution in [1.29, 1.82) is 0 Å². The highest BCUT2D eigenvalue weighted by Gasteiger charge is 2.35. The van der Waals surface area contributed by atoms with Gasteiger partial charge in [-0.25, -0.2) is 4.98 Å². The van der Waals surface area contributed by atoms with Gasteiger partial charge >= 0.3 is 0 Å². The van der Waals surface area contributed by atoms with E-state index in [1.54, 1.807) is 6.20 Å². The second-order valence-electron chi connectivity index (χ2n) is 7.29. The second kappa shape index (κ2) is 7.58. The lowest BCUT2D eigenvalue weighted by Gasteiger charge is -2.39. The molecule has 0 amide bonds. The van der Waals surface area contributed by atoms with Gasteiger partial charge in [-0.15, -0.1) is 0 Å². The van der Waals surface area contributed by atoms with Gasteiger partial charge in [-0.1, -0.05) is 18.1 Å². The topological polar surface area (TPSA) is 109 Å². The van der Waals surface area contributed by atoms with Gasteiger partial charge in [0, 0.05) is 42.3 Å². The van der Waals surface area contributed by atoms with Gasteiger partial charge in [-0.2, -0.15) is 10.1 Å². The maximum Gasteiger partial charge on any atom is 0.228 e.